The predicted octanol–water partition coefficient (Wildman–Crippen LogP) is 6.30. The van der Waals surface area contributed by atoms with E-state index in [4.69, 9.17) is 14.5 Å². The van der Waals surface area contributed by atoms with Crippen LogP contribution >= 0.6 is 27.3 Å². The van der Waals surface area contributed by atoms with Crippen molar-refractivity contribution in [3.05, 3.63) is 69.5 Å². The maximum Gasteiger partial charge on any atom is 0.266 e. The number of pyridine rings is 1. The number of amides is 1. The van der Waals surface area contributed by atoms with Crippen LogP contribution in [-0.2, 0) is 0 Å². The fourth-order valence-electron chi connectivity index (χ4n) is 3.19. The van der Waals surface area contributed by atoms with Crippen LogP contribution in [0.25, 0.3) is 21.5 Å². The Bertz CT molecular complexity index is 1240. The standard InChI is InChI=1S/C23H19BrN2O3S/c1-13-17-9-10-18(14-4-11-19(28-2)20(12-14)29-3)26-23(17)30-21(13)22(27)25-16-7-5-15(24)6-8-16/h4-12H,1-3H3,(H,25,27). The number of aryl methyl sites for hydroxylation is 1. The summed E-state index contributed by atoms with van der Waals surface area (Å²) in [5.41, 5.74) is 3.40. The van der Waals surface area contributed by atoms with Gasteiger partial charge in [-0.2, -0.15) is 0 Å². The monoisotopic (exact) mass is 482 g/mol. The quantitative estimate of drug-likeness (QED) is 0.362. The Hall–Kier alpha value is -2.90. The van der Waals surface area contributed by atoms with Crippen LogP contribution in [0.15, 0.2) is 59.1 Å². The number of hydrogen-bond acceptors (Lipinski definition) is 5. The topological polar surface area (TPSA) is 60.5 Å². The van der Waals surface area contributed by atoms with E-state index in [2.05, 4.69) is 21.2 Å². The van der Waals surface area contributed by atoms with Crippen molar-refractivity contribution >= 4 is 49.1 Å². The first-order valence-electron chi connectivity index (χ1n) is 9.19. The minimum Gasteiger partial charge on any atom is -0.493 e. The molecule has 2 aromatic carbocycles. The van der Waals surface area contributed by atoms with Crippen molar-refractivity contribution in [1.29, 1.82) is 0 Å². The van der Waals surface area contributed by atoms with Crippen molar-refractivity contribution in [3.8, 4) is 22.8 Å². The highest BCUT2D eigenvalue weighted by Gasteiger charge is 2.17. The minimum atomic E-state index is -0.134. The molecule has 0 bridgehead atoms. The van der Waals surface area contributed by atoms with Crippen molar-refractivity contribution in [3.63, 3.8) is 0 Å². The Morgan fingerprint density at radius 2 is 1.73 bits per heavy atom. The Morgan fingerprint density at radius 1 is 1.00 bits per heavy atom. The molecule has 0 saturated heterocycles. The number of benzene rings is 2. The highest BCUT2D eigenvalue weighted by Crippen LogP contribution is 2.35. The number of aromatic nitrogens is 1. The van der Waals surface area contributed by atoms with Crippen molar-refractivity contribution in [2.24, 2.45) is 0 Å². The third kappa shape index (κ3) is 3.91. The number of thiophene rings is 1. The Morgan fingerprint density at radius 3 is 2.43 bits per heavy atom. The highest BCUT2D eigenvalue weighted by atomic mass is 79.9. The van der Waals surface area contributed by atoms with Gasteiger partial charge in [0.2, 0.25) is 0 Å². The normalized spacial score (nSPS) is 10.8. The van der Waals surface area contributed by atoms with Crippen LogP contribution in [-0.4, -0.2) is 25.1 Å². The molecular weight excluding hydrogens is 464 g/mol. The number of rotatable bonds is 5. The molecule has 0 spiro atoms. The maximum atomic E-state index is 12.8. The first-order chi connectivity index (χ1) is 14.5. The molecule has 30 heavy (non-hydrogen) atoms. The molecule has 1 amide bonds. The SMILES string of the molecule is COc1ccc(-c2ccc3c(C)c(C(=O)Nc4ccc(Br)cc4)sc3n2)cc1OC. The lowest BCUT2D eigenvalue weighted by Crippen LogP contribution is -2.11. The van der Waals surface area contributed by atoms with E-state index in [1.54, 1.807) is 14.2 Å². The van der Waals surface area contributed by atoms with Gasteiger partial charge in [0.05, 0.1) is 24.8 Å². The first kappa shape index (κ1) is 20.4. The lowest BCUT2D eigenvalue weighted by Gasteiger charge is -2.09. The second-order valence-corrected chi connectivity index (χ2v) is 8.55. The third-order valence-corrected chi connectivity index (χ3v) is 6.52. The number of carbonyl (C=O) groups is 1. The second kappa shape index (κ2) is 8.45. The van der Waals surface area contributed by atoms with Gasteiger partial charge in [0.25, 0.3) is 5.91 Å². The van der Waals surface area contributed by atoms with Crippen LogP contribution in [0.2, 0.25) is 0 Å². The summed E-state index contributed by atoms with van der Waals surface area (Å²) in [7, 11) is 3.22. The molecule has 7 heteroatoms. The largest absolute Gasteiger partial charge is 0.493 e. The number of halogens is 1. The van der Waals surface area contributed by atoms with Gasteiger partial charge >= 0.3 is 0 Å². The van der Waals surface area contributed by atoms with Gasteiger partial charge in [-0.15, -0.1) is 11.3 Å². The molecule has 4 aromatic rings. The lowest BCUT2D eigenvalue weighted by molar-refractivity contribution is 0.103. The van der Waals surface area contributed by atoms with Crippen LogP contribution in [0.5, 0.6) is 11.5 Å². The van der Waals surface area contributed by atoms with E-state index in [0.29, 0.717) is 16.4 Å². The number of fused-ring (bicyclic) bond motifs is 1. The molecule has 0 aliphatic rings. The minimum absolute atomic E-state index is 0.134. The number of nitrogens with one attached hydrogen (secondary N) is 1. The molecule has 2 aromatic heterocycles. The third-order valence-electron chi connectivity index (χ3n) is 4.79. The van der Waals surface area contributed by atoms with Gasteiger partial charge in [-0.25, -0.2) is 4.98 Å². The van der Waals surface area contributed by atoms with Crippen LogP contribution in [0.4, 0.5) is 5.69 Å². The van der Waals surface area contributed by atoms with E-state index in [1.807, 2.05) is 61.5 Å². The number of hydrogen-bond donors (Lipinski definition) is 1. The lowest BCUT2D eigenvalue weighted by atomic mass is 10.1. The molecule has 0 radical (unpaired) electrons. The molecule has 0 atom stereocenters. The van der Waals surface area contributed by atoms with Crippen LogP contribution in [0, 0.1) is 6.92 Å². The summed E-state index contributed by atoms with van der Waals surface area (Å²) in [6, 6.07) is 17.2. The molecule has 0 aliphatic carbocycles. The number of carbonyl (C=O) groups excluding carboxylic acids is 1. The Labute approximate surface area is 186 Å². The van der Waals surface area contributed by atoms with E-state index in [-0.39, 0.29) is 5.91 Å². The number of nitrogens with zero attached hydrogens (tertiary/aromatic N) is 1. The number of anilines is 1. The van der Waals surface area contributed by atoms with E-state index >= 15 is 0 Å². The Balaban J connectivity index is 1.67. The predicted molar refractivity (Wildman–Crippen MR) is 125 cm³/mol. The zero-order valence-corrected chi connectivity index (χ0v) is 19.1. The highest BCUT2D eigenvalue weighted by molar-refractivity contribution is 9.10. The Kier molecular flexibility index (Phi) is 5.74. The molecule has 0 unspecified atom stereocenters. The molecule has 5 nitrogen and oxygen atoms in total. The van der Waals surface area contributed by atoms with Gasteiger partial charge in [-0.1, -0.05) is 15.9 Å². The number of ether oxygens (including phenoxy) is 2. The van der Waals surface area contributed by atoms with Crippen LogP contribution in [0.1, 0.15) is 15.2 Å². The van der Waals surface area contributed by atoms with E-state index < -0.39 is 0 Å². The van der Waals surface area contributed by atoms with Gasteiger partial charge in [0.1, 0.15) is 4.83 Å². The molecular formula is C23H19BrN2O3S. The summed E-state index contributed by atoms with van der Waals surface area (Å²) in [6.45, 7) is 1.95. The summed E-state index contributed by atoms with van der Waals surface area (Å²) in [5.74, 6) is 1.18. The summed E-state index contributed by atoms with van der Waals surface area (Å²) in [4.78, 5) is 19.1. The summed E-state index contributed by atoms with van der Waals surface area (Å²) >= 11 is 4.79. The summed E-state index contributed by atoms with van der Waals surface area (Å²) in [6.07, 6.45) is 0. The van der Waals surface area contributed by atoms with Gasteiger partial charge < -0.3 is 14.8 Å². The van der Waals surface area contributed by atoms with E-state index in [1.165, 1.54) is 11.3 Å². The molecule has 0 aliphatic heterocycles. The van der Waals surface area contributed by atoms with Crippen LogP contribution < -0.4 is 14.8 Å². The summed E-state index contributed by atoms with van der Waals surface area (Å²) < 4.78 is 11.7. The fraction of sp³-hybridized carbons (Fsp3) is 0.130. The van der Waals surface area contributed by atoms with E-state index in [0.717, 1.165) is 37.2 Å². The van der Waals surface area contributed by atoms with Gasteiger partial charge in [0, 0.05) is 21.1 Å². The molecule has 1 N–H and O–H groups in total. The average molecular weight is 483 g/mol. The number of methoxy groups -OCH3 is 2. The first-order valence-corrected chi connectivity index (χ1v) is 10.8. The smallest absolute Gasteiger partial charge is 0.266 e. The van der Waals surface area contributed by atoms with Crippen molar-refractivity contribution in [2.75, 3.05) is 19.5 Å². The van der Waals surface area contributed by atoms with Crippen molar-refractivity contribution < 1.29 is 14.3 Å². The van der Waals surface area contributed by atoms with Crippen LogP contribution in [0.3, 0.4) is 0 Å². The molecule has 0 saturated carbocycles. The van der Waals surface area contributed by atoms with E-state index in [9.17, 15) is 4.79 Å². The summed E-state index contributed by atoms with van der Waals surface area (Å²) in [5, 5.41) is 3.93. The molecule has 0 fully saturated rings. The van der Waals surface area contributed by atoms with Gasteiger partial charge in [-0.05, 0) is 67.1 Å². The zero-order chi connectivity index (χ0) is 21.3. The van der Waals surface area contributed by atoms with Crippen molar-refractivity contribution in [2.45, 2.75) is 6.92 Å². The molecule has 152 valence electrons. The maximum absolute atomic E-state index is 12.8. The van der Waals surface area contributed by atoms with Crippen molar-refractivity contribution in [1.82, 2.24) is 4.98 Å². The molecule has 4 rings (SSSR count). The average Bonchev–Trinajstić information content (AvgIpc) is 3.10. The second-order valence-electron chi connectivity index (χ2n) is 6.64. The fourth-order valence-corrected chi connectivity index (χ4v) is 4.53. The molecule has 2 heterocycles. The van der Waals surface area contributed by atoms with Gasteiger partial charge in [-0.3, -0.25) is 4.79 Å². The zero-order valence-electron chi connectivity index (χ0n) is 16.7. The van der Waals surface area contributed by atoms with Gasteiger partial charge in [0.15, 0.2) is 11.5 Å².